The van der Waals surface area contributed by atoms with Gasteiger partial charge in [0.2, 0.25) is 0 Å². The van der Waals surface area contributed by atoms with Gasteiger partial charge < -0.3 is 9.15 Å². The van der Waals surface area contributed by atoms with Gasteiger partial charge in [0, 0.05) is 0 Å². The molecule has 8 nitrogen and oxygen atoms in total. The van der Waals surface area contributed by atoms with Crippen molar-refractivity contribution in [2.45, 2.75) is 6.54 Å². The minimum absolute atomic E-state index is 0.111. The Hall–Kier alpha value is -3.17. The van der Waals surface area contributed by atoms with E-state index in [2.05, 4.69) is 10.5 Å². The molecule has 0 radical (unpaired) electrons. The van der Waals surface area contributed by atoms with Gasteiger partial charge in [-0.05, 0) is 29.8 Å². The number of hydrogen-bond donors (Lipinski definition) is 1. The summed E-state index contributed by atoms with van der Waals surface area (Å²) in [7, 11) is 1.30. The van der Waals surface area contributed by atoms with E-state index in [4.69, 9.17) is 20.8 Å². The number of aromatic nitrogens is 1. The fourth-order valence-electron chi connectivity index (χ4n) is 2.33. The largest absolute Gasteiger partial charge is 0.465 e. The Morgan fingerprint density at radius 2 is 2.18 bits per heavy atom. The summed E-state index contributed by atoms with van der Waals surface area (Å²) in [6, 6.07) is 9.78. The van der Waals surface area contributed by atoms with E-state index in [1.165, 1.54) is 30.2 Å². The number of halogens is 1. The van der Waals surface area contributed by atoms with Gasteiger partial charge in [0.1, 0.15) is 5.15 Å². The second kappa shape index (κ2) is 8.68. The molecule has 0 aliphatic carbocycles. The number of ether oxygens (including phenoxy) is 1. The predicted octanol–water partition coefficient (Wildman–Crippen LogP) is 2.76. The second-order valence-corrected chi connectivity index (χ2v) is 6.83. The number of nitrogens with one attached hydrogen (secondary N) is 1. The van der Waals surface area contributed by atoms with Gasteiger partial charge in [-0.2, -0.15) is 5.10 Å². The zero-order chi connectivity index (χ0) is 20.1. The van der Waals surface area contributed by atoms with Crippen LogP contribution in [0.3, 0.4) is 0 Å². The summed E-state index contributed by atoms with van der Waals surface area (Å²) in [6.45, 7) is 0.172. The number of nitrogens with zero attached hydrogens (tertiary/aromatic N) is 2. The summed E-state index contributed by atoms with van der Waals surface area (Å²) < 4.78 is 11.0. The molecule has 0 saturated carbocycles. The summed E-state index contributed by atoms with van der Waals surface area (Å²) >= 11 is 7.17. The van der Waals surface area contributed by atoms with Gasteiger partial charge >= 0.3 is 16.7 Å². The number of esters is 1. The zero-order valence-electron chi connectivity index (χ0n) is 14.5. The molecule has 0 bridgehead atoms. The Morgan fingerprint density at radius 1 is 1.36 bits per heavy atom. The van der Waals surface area contributed by atoms with Gasteiger partial charge in [0.15, 0.2) is 5.76 Å². The lowest BCUT2D eigenvalue weighted by Crippen LogP contribution is -2.16. The lowest BCUT2D eigenvalue weighted by molar-refractivity contribution is 0.0600. The molecular weight excluding hydrogens is 406 g/mol. The first-order chi connectivity index (χ1) is 13.5. The summed E-state index contributed by atoms with van der Waals surface area (Å²) in [4.78, 5) is 35.7. The van der Waals surface area contributed by atoms with Crippen LogP contribution in [0.5, 0.6) is 0 Å². The molecule has 1 N–H and O–H groups in total. The molecule has 1 amide bonds. The van der Waals surface area contributed by atoms with Crippen molar-refractivity contribution in [1.29, 1.82) is 0 Å². The third-order valence-corrected chi connectivity index (χ3v) is 5.07. The number of hydrogen-bond acceptors (Lipinski definition) is 7. The summed E-state index contributed by atoms with van der Waals surface area (Å²) in [5.74, 6) is -0.881. The number of amides is 1. The smallest absolute Gasteiger partial charge is 0.337 e. The van der Waals surface area contributed by atoms with Crippen LogP contribution in [0, 0.1) is 0 Å². The number of furan rings is 1. The van der Waals surface area contributed by atoms with E-state index >= 15 is 0 Å². The van der Waals surface area contributed by atoms with Crippen LogP contribution in [0.25, 0.3) is 0 Å². The third kappa shape index (κ3) is 4.38. The Balaban J connectivity index is 1.75. The molecular formula is C18H14ClN3O5S. The SMILES string of the molecule is COC(=O)c1cccc(Cn2c(Cl)c(/C=N/NC(=O)c3ccco3)sc2=O)c1. The Labute approximate surface area is 168 Å². The van der Waals surface area contributed by atoms with Crippen LogP contribution < -0.4 is 10.3 Å². The number of benzene rings is 1. The van der Waals surface area contributed by atoms with Crippen molar-refractivity contribution in [3.8, 4) is 0 Å². The Morgan fingerprint density at radius 3 is 2.89 bits per heavy atom. The third-order valence-electron chi connectivity index (χ3n) is 3.64. The van der Waals surface area contributed by atoms with E-state index in [1.807, 2.05) is 0 Å². The van der Waals surface area contributed by atoms with Crippen LogP contribution in [0.2, 0.25) is 5.15 Å². The van der Waals surface area contributed by atoms with Crippen LogP contribution in [-0.2, 0) is 11.3 Å². The summed E-state index contributed by atoms with van der Waals surface area (Å²) in [5, 5.41) is 3.97. The van der Waals surface area contributed by atoms with Crippen molar-refractivity contribution in [3.63, 3.8) is 0 Å². The number of rotatable bonds is 6. The van der Waals surface area contributed by atoms with E-state index in [9.17, 15) is 14.4 Å². The van der Waals surface area contributed by atoms with E-state index < -0.39 is 11.9 Å². The van der Waals surface area contributed by atoms with Gasteiger partial charge in [0.25, 0.3) is 0 Å². The van der Waals surface area contributed by atoms with Gasteiger partial charge in [-0.25, -0.2) is 10.2 Å². The fraction of sp³-hybridized carbons (Fsp3) is 0.111. The van der Waals surface area contributed by atoms with E-state index in [-0.39, 0.29) is 22.3 Å². The fourth-order valence-corrected chi connectivity index (χ4v) is 3.43. The van der Waals surface area contributed by atoms with Crippen LogP contribution >= 0.6 is 22.9 Å². The number of carbonyl (C=O) groups is 2. The maximum atomic E-state index is 12.3. The quantitative estimate of drug-likeness (QED) is 0.376. The first-order valence-corrected chi connectivity index (χ1v) is 9.12. The predicted molar refractivity (Wildman–Crippen MR) is 104 cm³/mol. The molecule has 144 valence electrons. The van der Waals surface area contributed by atoms with Crippen molar-refractivity contribution in [1.82, 2.24) is 9.99 Å². The minimum atomic E-state index is -0.524. The zero-order valence-corrected chi connectivity index (χ0v) is 16.1. The summed E-state index contributed by atoms with van der Waals surface area (Å²) in [6.07, 6.45) is 2.66. The highest BCUT2D eigenvalue weighted by atomic mass is 35.5. The van der Waals surface area contributed by atoms with Crippen molar-refractivity contribution in [3.05, 3.63) is 79.2 Å². The minimum Gasteiger partial charge on any atom is -0.465 e. The van der Waals surface area contributed by atoms with Crippen molar-refractivity contribution >= 4 is 41.0 Å². The lowest BCUT2D eigenvalue weighted by atomic mass is 10.1. The second-order valence-electron chi connectivity index (χ2n) is 5.48. The lowest BCUT2D eigenvalue weighted by Gasteiger charge is -2.06. The van der Waals surface area contributed by atoms with Gasteiger partial charge in [-0.3, -0.25) is 14.2 Å². The van der Waals surface area contributed by atoms with E-state index in [0.29, 0.717) is 16.0 Å². The van der Waals surface area contributed by atoms with Gasteiger partial charge in [-0.1, -0.05) is 35.1 Å². The molecule has 2 heterocycles. The molecule has 1 aromatic carbocycles. The molecule has 0 aliphatic rings. The van der Waals surface area contributed by atoms with Crippen LogP contribution in [0.15, 0.2) is 57.0 Å². The van der Waals surface area contributed by atoms with E-state index in [1.54, 1.807) is 30.3 Å². The number of carbonyl (C=O) groups excluding carboxylic acids is 2. The highest BCUT2D eigenvalue weighted by Crippen LogP contribution is 2.19. The molecule has 0 aliphatic heterocycles. The van der Waals surface area contributed by atoms with E-state index in [0.717, 1.165) is 11.3 Å². The molecule has 0 fully saturated rings. The molecule has 0 spiro atoms. The average Bonchev–Trinajstić information content (AvgIpc) is 3.32. The van der Waals surface area contributed by atoms with Crippen LogP contribution in [0.1, 0.15) is 31.4 Å². The normalized spacial score (nSPS) is 10.9. The monoisotopic (exact) mass is 419 g/mol. The maximum absolute atomic E-state index is 12.3. The molecule has 10 heteroatoms. The van der Waals surface area contributed by atoms with Crippen molar-refractivity contribution < 1.29 is 18.7 Å². The van der Waals surface area contributed by atoms with Gasteiger partial charge in [-0.15, -0.1) is 0 Å². The molecule has 0 unspecified atom stereocenters. The first kappa shape index (κ1) is 19.6. The van der Waals surface area contributed by atoms with Crippen molar-refractivity contribution in [2.24, 2.45) is 5.10 Å². The number of thiazole rings is 1. The Bertz CT molecular complexity index is 1090. The van der Waals surface area contributed by atoms with Crippen LogP contribution in [-0.4, -0.2) is 29.8 Å². The van der Waals surface area contributed by atoms with Gasteiger partial charge in [0.05, 0.1) is 36.6 Å². The molecule has 28 heavy (non-hydrogen) atoms. The maximum Gasteiger partial charge on any atom is 0.337 e. The number of methoxy groups -OCH3 is 1. The number of hydrazone groups is 1. The highest BCUT2D eigenvalue weighted by Gasteiger charge is 2.14. The Kier molecular flexibility index (Phi) is 6.07. The molecule has 0 atom stereocenters. The first-order valence-electron chi connectivity index (χ1n) is 7.93. The molecule has 0 saturated heterocycles. The highest BCUT2D eigenvalue weighted by molar-refractivity contribution is 7.11. The van der Waals surface area contributed by atoms with Crippen LogP contribution in [0.4, 0.5) is 0 Å². The average molecular weight is 420 g/mol. The standard InChI is InChI=1S/C18H14ClN3O5S/c1-26-17(24)12-5-2-4-11(8-12)10-22-15(19)14(28-18(22)25)9-20-21-16(23)13-6-3-7-27-13/h2-9H,10H2,1H3,(H,21,23)/b20-9+. The topological polar surface area (TPSA) is 103 Å². The molecule has 3 aromatic rings. The molecule has 2 aromatic heterocycles. The summed E-state index contributed by atoms with van der Waals surface area (Å²) in [5.41, 5.74) is 3.37. The van der Waals surface area contributed by atoms with Crippen molar-refractivity contribution in [2.75, 3.05) is 7.11 Å². The molecule has 3 rings (SSSR count).